The van der Waals surface area contributed by atoms with Crippen LogP contribution in [0.2, 0.25) is 0 Å². The molecule has 0 saturated carbocycles. The van der Waals surface area contributed by atoms with Crippen molar-refractivity contribution in [1.82, 2.24) is 25.5 Å². The summed E-state index contributed by atoms with van der Waals surface area (Å²) in [6, 6.07) is 20.4. The fourth-order valence-corrected chi connectivity index (χ4v) is 2.87. The molecule has 8 nitrogen and oxygen atoms in total. The van der Waals surface area contributed by atoms with Crippen LogP contribution in [0, 0.1) is 0 Å². The molecule has 0 saturated heterocycles. The summed E-state index contributed by atoms with van der Waals surface area (Å²) in [5.74, 6) is 1.99. The number of methoxy groups -OCH3 is 1. The van der Waals surface area contributed by atoms with E-state index in [-0.39, 0.29) is 12.5 Å². The first kappa shape index (κ1) is 20.1. The summed E-state index contributed by atoms with van der Waals surface area (Å²) in [5.41, 5.74) is 2.33. The highest BCUT2D eigenvalue weighted by atomic mass is 16.5. The van der Waals surface area contributed by atoms with Crippen molar-refractivity contribution in [2.45, 2.75) is 13.2 Å². The number of carbonyl (C=O) groups is 1. The Bertz CT molecular complexity index is 1140. The lowest BCUT2D eigenvalue weighted by molar-refractivity contribution is 0.0949. The van der Waals surface area contributed by atoms with Gasteiger partial charge in [0.05, 0.1) is 13.7 Å². The quantitative estimate of drug-likeness (QED) is 0.457. The van der Waals surface area contributed by atoms with Gasteiger partial charge in [0.15, 0.2) is 5.82 Å². The summed E-state index contributed by atoms with van der Waals surface area (Å²) < 4.78 is 10.8. The van der Waals surface area contributed by atoms with E-state index in [1.165, 1.54) is 0 Å². The average Bonchev–Trinajstić information content (AvgIpc) is 3.31. The van der Waals surface area contributed by atoms with E-state index in [2.05, 4.69) is 25.5 Å². The van der Waals surface area contributed by atoms with Gasteiger partial charge in [-0.2, -0.15) is 5.10 Å². The van der Waals surface area contributed by atoms with Gasteiger partial charge in [0.2, 0.25) is 5.88 Å². The van der Waals surface area contributed by atoms with Gasteiger partial charge in [0, 0.05) is 23.4 Å². The molecular weight excluding hydrogens is 394 g/mol. The molecule has 0 unspecified atom stereocenters. The third kappa shape index (κ3) is 5.24. The molecule has 1 amide bonds. The van der Waals surface area contributed by atoms with E-state index in [1.54, 1.807) is 25.4 Å². The van der Waals surface area contributed by atoms with Crippen molar-refractivity contribution in [2.75, 3.05) is 7.11 Å². The zero-order valence-electron chi connectivity index (χ0n) is 16.9. The van der Waals surface area contributed by atoms with E-state index in [4.69, 9.17) is 9.47 Å². The van der Waals surface area contributed by atoms with Gasteiger partial charge < -0.3 is 14.8 Å². The SMILES string of the molecule is COc1ccc(-c2n[nH]c(CNC(=O)c3ccnc(OCc4ccccc4)c3)n2)cc1. The lowest BCUT2D eigenvalue weighted by atomic mass is 10.2. The molecule has 0 aliphatic carbocycles. The van der Waals surface area contributed by atoms with Crippen LogP contribution in [-0.2, 0) is 13.2 Å². The Morgan fingerprint density at radius 3 is 2.65 bits per heavy atom. The Balaban J connectivity index is 1.34. The van der Waals surface area contributed by atoms with Crippen LogP contribution in [0.15, 0.2) is 72.9 Å². The average molecular weight is 415 g/mol. The van der Waals surface area contributed by atoms with Crippen molar-refractivity contribution in [3.8, 4) is 23.0 Å². The fraction of sp³-hybridized carbons (Fsp3) is 0.130. The smallest absolute Gasteiger partial charge is 0.251 e. The van der Waals surface area contributed by atoms with Crippen LogP contribution in [0.5, 0.6) is 11.6 Å². The molecule has 2 heterocycles. The van der Waals surface area contributed by atoms with Crippen LogP contribution in [0.3, 0.4) is 0 Å². The lowest BCUT2D eigenvalue weighted by Gasteiger charge is -2.07. The number of nitrogens with zero attached hydrogens (tertiary/aromatic N) is 3. The molecule has 0 aliphatic heterocycles. The predicted molar refractivity (Wildman–Crippen MR) is 115 cm³/mol. The number of carbonyl (C=O) groups excluding carboxylic acids is 1. The first-order valence-electron chi connectivity index (χ1n) is 9.68. The van der Waals surface area contributed by atoms with Crippen LogP contribution < -0.4 is 14.8 Å². The van der Waals surface area contributed by atoms with Crippen LogP contribution in [-0.4, -0.2) is 33.2 Å². The van der Waals surface area contributed by atoms with E-state index >= 15 is 0 Å². The number of aromatic amines is 1. The molecule has 2 N–H and O–H groups in total. The molecule has 4 aromatic rings. The van der Waals surface area contributed by atoms with Gasteiger partial charge in [-0.3, -0.25) is 9.89 Å². The molecular formula is C23H21N5O3. The Morgan fingerprint density at radius 1 is 1.06 bits per heavy atom. The van der Waals surface area contributed by atoms with Gasteiger partial charge in [-0.25, -0.2) is 9.97 Å². The number of pyridine rings is 1. The maximum Gasteiger partial charge on any atom is 0.251 e. The highest BCUT2D eigenvalue weighted by molar-refractivity contribution is 5.94. The fourth-order valence-electron chi connectivity index (χ4n) is 2.87. The highest BCUT2D eigenvalue weighted by Crippen LogP contribution is 2.19. The van der Waals surface area contributed by atoms with E-state index < -0.39 is 0 Å². The van der Waals surface area contributed by atoms with Crippen molar-refractivity contribution in [3.05, 3.63) is 89.9 Å². The van der Waals surface area contributed by atoms with Crippen molar-refractivity contribution in [3.63, 3.8) is 0 Å². The molecule has 0 bridgehead atoms. The molecule has 156 valence electrons. The van der Waals surface area contributed by atoms with Gasteiger partial charge >= 0.3 is 0 Å². The summed E-state index contributed by atoms with van der Waals surface area (Å²) in [6.45, 7) is 0.593. The van der Waals surface area contributed by atoms with Gasteiger partial charge in [0.25, 0.3) is 5.91 Å². The van der Waals surface area contributed by atoms with E-state index in [9.17, 15) is 4.79 Å². The third-order valence-electron chi connectivity index (χ3n) is 4.52. The molecule has 0 atom stereocenters. The van der Waals surface area contributed by atoms with E-state index in [1.807, 2.05) is 54.6 Å². The van der Waals surface area contributed by atoms with E-state index in [0.29, 0.717) is 29.7 Å². The highest BCUT2D eigenvalue weighted by Gasteiger charge is 2.10. The Hall–Kier alpha value is -4.20. The maximum absolute atomic E-state index is 12.5. The maximum atomic E-state index is 12.5. The number of ether oxygens (including phenoxy) is 2. The number of rotatable bonds is 8. The Kier molecular flexibility index (Phi) is 6.18. The largest absolute Gasteiger partial charge is 0.497 e. The van der Waals surface area contributed by atoms with Crippen LogP contribution in [0.25, 0.3) is 11.4 Å². The van der Waals surface area contributed by atoms with Crippen molar-refractivity contribution in [1.29, 1.82) is 0 Å². The zero-order valence-corrected chi connectivity index (χ0v) is 16.9. The number of benzene rings is 2. The van der Waals surface area contributed by atoms with Gasteiger partial charge in [0.1, 0.15) is 18.2 Å². The summed E-state index contributed by atoms with van der Waals surface area (Å²) >= 11 is 0. The zero-order chi connectivity index (χ0) is 21.5. The molecule has 31 heavy (non-hydrogen) atoms. The number of H-pyrrole nitrogens is 1. The molecule has 0 radical (unpaired) electrons. The Labute approximate surface area is 179 Å². The lowest BCUT2D eigenvalue weighted by Crippen LogP contribution is -2.23. The molecule has 0 spiro atoms. The van der Waals surface area contributed by atoms with Crippen LogP contribution in [0.4, 0.5) is 0 Å². The van der Waals surface area contributed by atoms with Crippen LogP contribution >= 0.6 is 0 Å². The molecule has 2 aromatic carbocycles. The predicted octanol–water partition coefficient (Wildman–Crippen LogP) is 3.38. The number of hydrogen-bond acceptors (Lipinski definition) is 6. The molecule has 8 heteroatoms. The minimum Gasteiger partial charge on any atom is -0.497 e. The van der Waals surface area contributed by atoms with Crippen molar-refractivity contribution in [2.24, 2.45) is 0 Å². The van der Waals surface area contributed by atoms with Crippen molar-refractivity contribution < 1.29 is 14.3 Å². The topological polar surface area (TPSA) is 102 Å². The summed E-state index contributed by atoms with van der Waals surface area (Å²) in [7, 11) is 1.61. The monoisotopic (exact) mass is 415 g/mol. The first-order valence-corrected chi connectivity index (χ1v) is 9.68. The summed E-state index contributed by atoms with van der Waals surface area (Å²) in [4.78, 5) is 21.1. The summed E-state index contributed by atoms with van der Waals surface area (Å²) in [5, 5.41) is 9.87. The third-order valence-corrected chi connectivity index (χ3v) is 4.52. The minimum atomic E-state index is -0.255. The molecule has 0 fully saturated rings. The normalized spacial score (nSPS) is 10.5. The van der Waals surface area contributed by atoms with Crippen LogP contribution in [0.1, 0.15) is 21.7 Å². The summed E-state index contributed by atoms with van der Waals surface area (Å²) in [6.07, 6.45) is 1.55. The molecule has 0 aliphatic rings. The molecule has 2 aromatic heterocycles. The van der Waals surface area contributed by atoms with Gasteiger partial charge in [-0.15, -0.1) is 0 Å². The second-order valence-electron chi connectivity index (χ2n) is 6.67. The van der Waals surface area contributed by atoms with Gasteiger partial charge in [-0.1, -0.05) is 30.3 Å². The Morgan fingerprint density at radius 2 is 1.87 bits per heavy atom. The number of amides is 1. The van der Waals surface area contributed by atoms with Gasteiger partial charge in [-0.05, 0) is 35.9 Å². The second kappa shape index (κ2) is 9.53. The number of hydrogen-bond donors (Lipinski definition) is 2. The van der Waals surface area contributed by atoms with E-state index in [0.717, 1.165) is 16.9 Å². The minimum absolute atomic E-state index is 0.213. The number of aromatic nitrogens is 4. The van der Waals surface area contributed by atoms with Crippen molar-refractivity contribution >= 4 is 5.91 Å². The number of nitrogens with one attached hydrogen (secondary N) is 2. The molecule has 4 rings (SSSR count). The standard InChI is InChI=1S/C23H21N5O3/c1-30-19-9-7-17(8-10-19)22-26-20(27-28-22)14-25-23(29)18-11-12-24-21(13-18)31-15-16-5-3-2-4-6-16/h2-13H,14-15H2,1H3,(H,25,29)(H,26,27,28). The second-order valence-corrected chi connectivity index (χ2v) is 6.67. The first-order chi connectivity index (χ1) is 15.2.